The molecule has 3 N–H and O–H groups in total. The molecule has 26 heavy (non-hydrogen) atoms. The highest BCUT2D eigenvalue weighted by Crippen LogP contribution is 2.19. The summed E-state index contributed by atoms with van der Waals surface area (Å²) in [4.78, 5) is 26.1. The molecule has 1 aromatic carbocycles. The summed E-state index contributed by atoms with van der Waals surface area (Å²) in [6.07, 6.45) is 1.78. The Kier molecular flexibility index (Phi) is 5.75. The number of hydrogen-bond donors (Lipinski definition) is 3. The molecule has 0 aliphatic carbocycles. The third-order valence-corrected chi connectivity index (χ3v) is 4.59. The van der Waals surface area contributed by atoms with Crippen LogP contribution in [-0.2, 0) is 11.3 Å². The topological polar surface area (TPSA) is 99.5 Å². The fraction of sp³-hybridized carbons (Fsp3) is 0.353. The van der Waals surface area contributed by atoms with Gasteiger partial charge in [-0.3, -0.25) is 10.1 Å². The minimum Gasteiger partial charge on any atom is -0.396 e. The molecule has 1 aromatic heterocycles. The van der Waals surface area contributed by atoms with Crippen molar-refractivity contribution in [2.75, 3.05) is 25.0 Å². The quantitative estimate of drug-likeness (QED) is 0.731. The van der Waals surface area contributed by atoms with E-state index in [0.29, 0.717) is 30.5 Å². The average molecular weight is 378 g/mol. The maximum absolute atomic E-state index is 12.7. The summed E-state index contributed by atoms with van der Waals surface area (Å²) < 4.78 is 1.63. The van der Waals surface area contributed by atoms with Crippen molar-refractivity contribution in [3.8, 4) is 0 Å². The van der Waals surface area contributed by atoms with Gasteiger partial charge >= 0.3 is 6.03 Å². The minimum atomic E-state index is -0.686. The van der Waals surface area contributed by atoms with Crippen molar-refractivity contribution in [2.24, 2.45) is 0 Å². The van der Waals surface area contributed by atoms with E-state index in [9.17, 15) is 9.59 Å². The van der Waals surface area contributed by atoms with Gasteiger partial charge in [-0.05, 0) is 18.1 Å². The first-order valence-electron chi connectivity index (χ1n) is 8.31. The molecule has 1 unspecified atom stereocenters. The van der Waals surface area contributed by atoms with Crippen LogP contribution in [0, 0.1) is 0 Å². The Morgan fingerprint density at radius 2 is 2.19 bits per heavy atom. The van der Waals surface area contributed by atoms with E-state index in [1.807, 2.05) is 18.2 Å². The van der Waals surface area contributed by atoms with E-state index < -0.39 is 12.1 Å². The lowest BCUT2D eigenvalue weighted by atomic mass is 10.1. The number of anilines is 1. The van der Waals surface area contributed by atoms with Crippen LogP contribution in [0.4, 0.5) is 10.6 Å². The highest BCUT2D eigenvalue weighted by molar-refractivity contribution is 6.31. The Bertz CT molecular complexity index is 794. The average Bonchev–Trinajstić information content (AvgIpc) is 3.05. The molecule has 1 fully saturated rings. The van der Waals surface area contributed by atoms with E-state index in [4.69, 9.17) is 16.7 Å². The van der Waals surface area contributed by atoms with Gasteiger partial charge in [0.2, 0.25) is 5.91 Å². The Hall–Kier alpha value is -2.58. The van der Waals surface area contributed by atoms with Crippen molar-refractivity contribution in [3.63, 3.8) is 0 Å². The number of aliphatic hydroxyl groups is 1. The number of halogens is 1. The van der Waals surface area contributed by atoms with Crippen LogP contribution < -0.4 is 10.6 Å². The largest absolute Gasteiger partial charge is 0.396 e. The SMILES string of the molecule is O=C1NCCN(C(=O)Nc2ccnn2Cc2ccccc2Cl)C1CCO. The van der Waals surface area contributed by atoms with Gasteiger partial charge in [0.05, 0.1) is 12.7 Å². The summed E-state index contributed by atoms with van der Waals surface area (Å²) in [6.45, 7) is 0.989. The standard InChI is InChI=1S/C17H20ClN5O3/c18-13-4-2-1-3-12(13)11-23-15(5-7-20-23)21-17(26)22-9-8-19-16(25)14(22)6-10-24/h1-5,7,14,24H,6,8-11H2,(H,19,25)(H,21,26). The van der Waals surface area contributed by atoms with Crippen LogP contribution in [0.2, 0.25) is 5.02 Å². The number of benzene rings is 1. The predicted octanol–water partition coefficient (Wildman–Crippen LogP) is 1.30. The van der Waals surface area contributed by atoms with Crippen molar-refractivity contribution in [1.82, 2.24) is 20.0 Å². The van der Waals surface area contributed by atoms with Gasteiger partial charge in [-0.1, -0.05) is 29.8 Å². The van der Waals surface area contributed by atoms with Crippen LogP contribution in [0.25, 0.3) is 0 Å². The van der Waals surface area contributed by atoms with E-state index in [2.05, 4.69) is 15.7 Å². The van der Waals surface area contributed by atoms with E-state index in [1.165, 1.54) is 4.90 Å². The first kappa shape index (κ1) is 18.2. The van der Waals surface area contributed by atoms with Crippen LogP contribution in [0.3, 0.4) is 0 Å². The predicted molar refractivity (Wildman–Crippen MR) is 97.0 cm³/mol. The molecule has 2 heterocycles. The molecule has 1 saturated heterocycles. The minimum absolute atomic E-state index is 0.174. The number of aliphatic hydroxyl groups excluding tert-OH is 1. The Balaban J connectivity index is 1.73. The van der Waals surface area contributed by atoms with Gasteiger partial charge in [-0.15, -0.1) is 0 Å². The fourth-order valence-corrected chi connectivity index (χ4v) is 3.10. The summed E-state index contributed by atoms with van der Waals surface area (Å²) >= 11 is 6.19. The van der Waals surface area contributed by atoms with Gasteiger partial charge in [-0.25, -0.2) is 9.48 Å². The molecular formula is C17H20ClN5O3. The van der Waals surface area contributed by atoms with Gasteiger partial charge in [0, 0.05) is 30.8 Å². The van der Waals surface area contributed by atoms with Gasteiger partial charge in [-0.2, -0.15) is 5.10 Å². The van der Waals surface area contributed by atoms with Crippen LogP contribution in [0.1, 0.15) is 12.0 Å². The maximum Gasteiger partial charge on any atom is 0.323 e. The molecule has 1 aliphatic heterocycles. The second-order valence-electron chi connectivity index (χ2n) is 5.91. The van der Waals surface area contributed by atoms with Crippen LogP contribution in [0.15, 0.2) is 36.5 Å². The number of urea groups is 1. The summed E-state index contributed by atoms with van der Waals surface area (Å²) in [6, 6.07) is 8.01. The number of amides is 3. The molecule has 3 rings (SSSR count). The summed E-state index contributed by atoms with van der Waals surface area (Å²) in [7, 11) is 0. The Morgan fingerprint density at radius 1 is 1.38 bits per heavy atom. The molecule has 0 saturated carbocycles. The second-order valence-corrected chi connectivity index (χ2v) is 6.32. The highest BCUT2D eigenvalue weighted by atomic mass is 35.5. The third kappa shape index (κ3) is 3.97. The van der Waals surface area contributed by atoms with Crippen LogP contribution >= 0.6 is 11.6 Å². The first-order chi connectivity index (χ1) is 12.6. The summed E-state index contributed by atoms with van der Waals surface area (Å²) in [5, 5.41) is 19.5. The summed E-state index contributed by atoms with van der Waals surface area (Å²) in [5.41, 5.74) is 0.879. The van der Waals surface area contributed by atoms with Crippen LogP contribution in [0.5, 0.6) is 0 Å². The number of aromatic nitrogens is 2. The lowest BCUT2D eigenvalue weighted by Gasteiger charge is -2.34. The van der Waals surface area contributed by atoms with Crippen molar-refractivity contribution >= 4 is 29.4 Å². The molecule has 1 aliphatic rings. The number of hydrogen-bond acceptors (Lipinski definition) is 4. The zero-order valence-electron chi connectivity index (χ0n) is 14.1. The number of carbonyl (C=O) groups is 2. The third-order valence-electron chi connectivity index (χ3n) is 4.22. The van der Waals surface area contributed by atoms with Crippen LogP contribution in [-0.4, -0.2) is 57.5 Å². The molecule has 3 amide bonds. The summed E-state index contributed by atoms with van der Waals surface area (Å²) in [5.74, 6) is 0.244. The zero-order valence-corrected chi connectivity index (χ0v) is 14.8. The van der Waals surface area contributed by atoms with E-state index in [0.717, 1.165) is 5.56 Å². The van der Waals surface area contributed by atoms with E-state index >= 15 is 0 Å². The maximum atomic E-state index is 12.7. The first-order valence-corrected chi connectivity index (χ1v) is 8.69. The molecule has 2 aromatic rings. The van der Waals surface area contributed by atoms with Gasteiger partial charge in [0.15, 0.2) is 0 Å². The smallest absolute Gasteiger partial charge is 0.323 e. The monoisotopic (exact) mass is 377 g/mol. The number of nitrogens with zero attached hydrogens (tertiary/aromatic N) is 3. The normalized spacial score (nSPS) is 17.1. The molecule has 9 heteroatoms. The van der Waals surface area contributed by atoms with Crippen molar-refractivity contribution < 1.29 is 14.7 Å². The number of nitrogens with one attached hydrogen (secondary N) is 2. The number of carbonyl (C=O) groups excluding carboxylic acids is 2. The molecule has 1 atom stereocenters. The number of piperazine rings is 1. The molecule has 8 nitrogen and oxygen atoms in total. The van der Waals surface area contributed by atoms with Crippen molar-refractivity contribution in [2.45, 2.75) is 19.0 Å². The zero-order chi connectivity index (χ0) is 18.5. The second kappa shape index (κ2) is 8.20. The van der Waals surface area contributed by atoms with Gasteiger partial charge in [0.25, 0.3) is 0 Å². The Labute approximate surface area is 155 Å². The molecular weight excluding hydrogens is 358 g/mol. The fourth-order valence-electron chi connectivity index (χ4n) is 2.90. The lowest BCUT2D eigenvalue weighted by molar-refractivity contribution is -0.128. The van der Waals surface area contributed by atoms with E-state index in [-0.39, 0.29) is 18.9 Å². The Morgan fingerprint density at radius 3 is 2.96 bits per heavy atom. The molecule has 0 spiro atoms. The van der Waals surface area contributed by atoms with Crippen molar-refractivity contribution in [3.05, 3.63) is 47.1 Å². The van der Waals surface area contributed by atoms with Gasteiger partial charge in [0.1, 0.15) is 11.9 Å². The molecule has 0 radical (unpaired) electrons. The molecule has 138 valence electrons. The lowest BCUT2D eigenvalue weighted by Crippen LogP contribution is -2.58. The molecule has 0 bridgehead atoms. The van der Waals surface area contributed by atoms with Crippen molar-refractivity contribution in [1.29, 1.82) is 0 Å². The van der Waals surface area contributed by atoms with Gasteiger partial charge < -0.3 is 15.3 Å². The highest BCUT2D eigenvalue weighted by Gasteiger charge is 2.32. The number of rotatable bonds is 5. The van der Waals surface area contributed by atoms with E-state index in [1.54, 1.807) is 23.0 Å².